The van der Waals surface area contributed by atoms with Crippen LogP contribution in [0.2, 0.25) is 0 Å². The van der Waals surface area contributed by atoms with Crippen LogP contribution in [-0.4, -0.2) is 28.6 Å². The van der Waals surface area contributed by atoms with Gasteiger partial charge in [-0.3, -0.25) is 0 Å². The number of cyclic esters (lactones) is 1. The maximum absolute atomic E-state index is 11.5. The molecule has 0 bridgehead atoms. The molecule has 2 aliphatic carbocycles. The molecule has 1 aliphatic heterocycles. The number of hydrogen-bond acceptors (Lipinski definition) is 4. The Bertz CT molecular complexity index is 720. The number of carbonyl (C=O) groups excluding carboxylic acids is 1. The van der Waals surface area contributed by atoms with Gasteiger partial charge in [0.2, 0.25) is 6.29 Å². The molecule has 6 atom stereocenters. The molecule has 1 fully saturated rings. The van der Waals surface area contributed by atoms with Crippen LogP contribution in [0, 0.1) is 22.7 Å². The first-order chi connectivity index (χ1) is 13.6. The summed E-state index contributed by atoms with van der Waals surface area (Å²) in [7, 11) is 0. The Morgan fingerprint density at radius 2 is 2.10 bits per heavy atom. The van der Waals surface area contributed by atoms with Gasteiger partial charge < -0.3 is 14.9 Å². The van der Waals surface area contributed by atoms with E-state index in [9.17, 15) is 15.0 Å². The summed E-state index contributed by atoms with van der Waals surface area (Å²) in [5.41, 5.74) is 3.27. The summed E-state index contributed by atoms with van der Waals surface area (Å²) in [5, 5.41) is 20.8. The second kappa shape index (κ2) is 8.39. The van der Waals surface area contributed by atoms with Gasteiger partial charge in [0.25, 0.3) is 0 Å². The van der Waals surface area contributed by atoms with Crippen molar-refractivity contribution in [2.75, 3.05) is 0 Å². The number of ether oxygens (including phenoxy) is 1. The van der Waals surface area contributed by atoms with Crippen molar-refractivity contribution in [2.24, 2.45) is 22.7 Å². The SMILES string of the molecule is C=C(C)CCC[C@]1(C)C2=CCC[C@](C)(C[C@@H](O)C3=CC(=O)OC3O)[C@H]2CC[C@H]1C. The fourth-order valence-electron chi connectivity index (χ4n) is 6.04. The quantitative estimate of drug-likeness (QED) is 0.461. The van der Waals surface area contributed by atoms with Gasteiger partial charge in [-0.15, -0.1) is 6.58 Å². The summed E-state index contributed by atoms with van der Waals surface area (Å²) in [6, 6.07) is 0. The van der Waals surface area contributed by atoms with Crippen molar-refractivity contribution in [3.8, 4) is 0 Å². The Kier molecular flexibility index (Phi) is 6.45. The van der Waals surface area contributed by atoms with Crippen LogP contribution in [0.1, 0.15) is 79.1 Å². The number of allylic oxidation sites excluding steroid dienone is 3. The van der Waals surface area contributed by atoms with Gasteiger partial charge in [-0.25, -0.2) is 4.79 Å². The van der Waals surface area contributed by atoms with Gasteiger partial charge in [0.05, 0.1) is 6.10 Å². The zero-order valence-electron chi connectivity index (χ0n) is 18.5. The van der Waals surface area contributed by atoms with Crippen molar-refractivity contribution in [1.82, 2.24) is 0 Å². The minimum absolute atomic E-state index is 0.0501. The van der Waals surface area contributed by atoms with E-state index in [0.29, 0.717) is 23.8 Å². The molecule has 1 heterocycles. The van der Waals surface area contributed by atoms with E-state index in [1.807, 2.05) is 0 Å². The number of hydrogen-bond donors (Lipinski definition) is 2. The average Bonchev–Trinajstić information content (AvgIpc) is 2.97. The smallest absolute Gasteiger partial charge is 0.333 e. The van der Waals surface area contributed by atoms with Crippen LogP contribution in [0.4, 0.5) is 0 Å². The van der Waals surface area contributed by atoms with Gasteiger partial charge in [-0.05, 0) is 81.0 Å². The molecular formula is C25H38O4. The molecule has 1 saturated carbocycles. The molecule has 0 spiro atoms. The number of fused-ring (bicyclic) bond motifs is 1. The molecule has 2 N–H and O–H groups in total. The fourth-order valence-corrected chi connectivity index (χ4v) is 6.04. The lowest BCUT2D eigenvalue weighted by Crippen LogP contribution is -2.45. The van der Waals surface area contributed by atoms with Crippen LogP contribution in [-0.2, 0) is 9.53 Å². The second-order valence-electron chi connectivity index (χ2n) is 10.3. The third kappa shape index (κ3) is 4.39. The standard InChI is InChI=1S/C25H38O4/c1-16(2)8-6-13-25(5)17(3)10-11-19-20(25)9-7-12-24(19,4)15-21(26)18-14-22(27)29-23(18)28/h9,14,17,19,21,23,26,28H,1,6-8,10-13,15H2,2-5H3/t17-,19+,21-,23?,24-,25+/m1/s1. The zero-order chi connectivity index (χ0) is 21.4. The van der Waals surface area contributed by atoms with E-state index in [-0.39, 0.29) is 10.8 Å². The van der Waals surface area contributed by atoms with E-state index in [1.165, 1.54) is 24.5 Å². The number of aliphatic hydroxyl groups excluding tert-OH is 2. The molecule has 0 amide bonds. The molecule has 3 rings (SSSR count). The summed E-state index contributed by atoms with van der Waals surface area (Å²) in [4.78, 5) is 11.5. The van der Waals surface area contributed by atoms with E-state index < -0.39 is 18.4 Å². The highest BCUT2D eigenvalue weighted by Gasteiger charge is 2.50. The van der Waals surface area contributed by atoms with E-state index >= 15 is 0 Å². The molecule has 0 radical (unpaired) electrons. The zero-order valence-corrected chi connectivity index (χ0v) is 18.5. The van der Waals surface area contributed by atoms with E-state index in [2.05, 4.69) is 40.3 Å². The van der Waals surface area contributed by atoms with Crippen molar-refractivity contribution < 1.29 is 19.7 Å². The van der Waals surface area contributed by atoms with Crippen LogP contribution < -0.4 is 0 Å². The summed E-state index contributed by atoms with van der Waals surface area (Å²) in [6.45, 7) is 13.3. The highest BCUT2D eigenvalue weighted by Crippen LogP contribution is 2.59. The van der Waals surface area contributed by atoms with Crippen LogP contribution >= 0.6 is 0 Å². The molecule has 0 saturated heterocycles. The Hall–Kier alpha value is -1.39. The van der Waals surface area contributed by atoms with Crippen molar-refractivity contribution in [3.63, 3.8) is 0 Å². The largest absolute Gasteiger partial charge is 0.429 e. The molecule has 3 aliphatic rings. The molecule has 4 heteroatoms. The van der Waals surface area contributed by atoms with Gasteiger partial charge >= 0.3 is 5.97 Å². The summed E-state index contributed by atoms with van der Waals surface area (Å²) in [6.07, 6.45) is 9.92. The number of aliphatic hydroxyl groups is 2. The minimum Gasteiger partial charge on any atom is -0.429 e. The number of carbonyl (C=O) groups is 1. The van der Waals surface area contributed by atoms with Crippen molar-refractivity contribution >= 4 is 5.97 Å². The first-order valence-corrected chi connectivity index (χ1v) is 11.2. The fraction of sp³-hybridized carbons (Fsp3) is 0.720. The van der Waals surface area contributed by atoms with Crippen molar-refractivity contribution in [3.05, 3.63) is 35.5 Å². The predicted octanol–water partition coefficient (Wildman–Crippen LogP) is 5.06. The van der Waals surface area contributed by atoms with Crippen molar-refractivity contribution in [2.45, 2.75) is 91.5 Å². The Morgan fingerprint density at radius 3 is 2.72 bits per heavy atom. The molecule has 0 aromatic rings. The molecule has 162 valence electrons. The molecular weight excluding hydrogens is 364 g/mol. The van der Waals surface area contributed by atoms with E-state index in [0.717, 1.165) is 32.1 Å². The topological polar surface area (TPSA) is 66.8 Å². The summed E-state index contributed by atoms with van der Waals surface area (Å²) in [5.74, 6) is 0.512. The van der Waals surface area contributed by atoms with Crippen LogP contribution in [0.5, 0.6) is 0 Å². The summed E-state index contributed by atoms with van der Waals surface area (Å²) < 4.78 is 4.78. The highest BCUT2D eigenvalue weighted by atomic mass is 16.6. The Morgan fingerprint density at radius 1 is 1.38 bits per heavy atom. The maximum atomic E-state index is 11.5. The van der Waals surface area contributed by atoms with Gasteiger partial charge in [0, 0.05) is 11.6 Å². The lowest BCUT2D eigenvalue weighted by Gasteiger charge is -2.54. The average molecular weight is 403 g/mol. The monoisotopic (exact) mass is 402 g/mol. The molecule has 0 aromatic heterocycles. The lowest BCUT2D eigenvalue weighted by atomic mass is 9.50. The van der Waals surface area contributed by atoms with E-state index in [1.54, 1.807) is 5.57 Å². The second-order valence-corrected chi connectivity index (χ2v) is 10.3. The summed E-state index contributed by atoms with van der Waals surface area (Å²) >= 11 is 0. The Balaban J connectivity index is 1.79. The van der Waals surface area contributed by atoms with Crippen LogP contribution in [0.25, 0.3) is 0 Å². The third-order valence-corrected chi connectivity index (χ3v) is 8.07. The number of esters is 1. The molecule has 1 unspecified atom stereocenters. The van der Waals surface area contributed by atoms with Crippen molar-refractivity contribution in [1.29, 1.82) is 0 Å². The molecule has 29 heavy (non-hydrogen) atoms. The first-order valence-electron chi connectivity index (χ1n) is 11.2. The van der Waals surface area contributed by atoms with Gasteiger partial charge in [0.1, 0.15) is 0 Å². The third-order valence-electron chi connectivity index (χ3n) is 8.07. The van der Waals surface area contributed by atoms with Crippen LogP contribution in [0.15, 0.2) is 35.5 Å². The van der Waals surface area contributed by atoms with Gasteiger partial charge in [0.15, 0.2) is 0 Å². The van der Waals surface area contributed by atoms with E-state index in [4.69, 9.17) is 4.74 Å². The van der Waals surface area contributed by atoms with Gasteiger partial charge in [-0.1, -0.05) is 38.0 Å². The lowest BCUT2D eigenvalue weighted by molar-refractivity contribution is -0.152. The molecule has 0 aromatic carbocycles. The predicted molar refractivity (Wildman–Crippen MR) is 115 cm³/mol. The Labute approximate surface area is 175 Å². The number of rotatable bonds is 7. The van der Waals surface area contributed by atoms with Crippen LogP contribution in [0.3, 0.4) is 0 Å². The maximum Gasteiger partial charge on any atom is 0.333 e. The molecule has 4 nitrogen and oxygen atoms in total. The highest BCUT2D eigenvalue weighted by molar-refractivity contribution is 5.85. The van der Waals surface area contributed by atoms with Gasteiger partial charge in [-0.2, -0.15) is 0 Å². The first kappa shape index (κ1) is 22.3. The normalized spacial score (nSPS) is 38.0. The minimum atomic E-state index is -1.31.